The molecule has 1 heterocycles. The molecule has 0 aromatic heterocycles. The van der Waals surface area contributed by atoms with E-state index in [-0.39, 0.29) is 37.3 Å². The Balaban J connectivity index is 1.31. The minimum atomic E-state index is -0.959. The van der Waals surface area contributed by atoms with Gasteiger partial charge in [-0.25, -0.2) is 9.59 Å². The van der Waals surface area contributed by atoms with Crippen LogP contribution in [-0.2, 0) is 14.3 Å². The van der Waals surface area contributed by atoms with Crippen molar-refractivity contribution < 1.29 is 24.2 Å². The number of amides is 2. The number of alkyl carbamates (subject to hydrolysis) is 1. The number of ether oxygens (including phenoxy) is 1. The molecule has 2 N–H and O–H groups in total. The Morgan fingerprint density at radius 3 is 2.26 bits per heavy atom. The highest BCUT2D eigenvalue weighted by Gasteiger charge is 2.37. The lowest BCUT2D eigenvalue weighted by Crippen LogP contribution is -2.51. The van der Waals surface area contributed by atoms with Gasteiger partial charge in [-0.2, -0.15) is 0 Å². The van der Waals surface area contributed by atoms with E-state index in [1.807, 2.05) is 45.0 Å². The molecule has 186 valence electrons. The molecular weight excluding hydrogens is 444 g/mol. The van der Waals surface area contributed by atoms with Gasteiger partial charge in [-0.05, 0) is 46.4 Å². The highest BCUT2D eigenvalue weighted by molar-refractivity contribution is 5.84. The summed E-state index contributed by atoms with van der Waals surface area (Å²) in [5.74, 6) is -0.885. The number of carboxylic acids is 1. The van der Waals surface area contributed by atoms with Gasteiger partial charge >= 0.3 is 12.1 Å². The van der Waals surface area contributed by atoms with Crippen molar-refractivity contribution in [3.05, 3.63) is 59.7 Å². The molecular formula is C28H34N2O5. The van der Waals surface area contributed by atoms with Crippen LogP contribution in [0.3, 0.4) is 0 Å². The summed E-state index contributed by atoms with van der Waals surface area (Å²) in [5.41, 5.74) is 4.09. The van der Waals surface area contributed by atoms with E-state index in [0.717, 1.165) is 17.5 Å². The van der Waals surface area contributed by atoms with Crippen LogP contribution < -0.4 is 5.32 Å². The van der Waals surface area contributed by atoms with Crippen molar-refractivity contribution in [1.29, 1.82) is 0 Å². The number of carboxylic acid groups (broad SMARTS) is 1. The van der Waals surface area contributed by atoms with Crippen LogP contribution in [0.15, 0.2) is 48.5 Å². The van der Waals surface area contributed by atoms with Crippen molar-refractivity contribution in [1.82, 2.24) is 10.2 Å². The fraction of sp³-hybridized carbons (Fsp3) is 0.464. The predicted molar refractivity (Wildman–Crippen MR) is 133 cm³/mol. The zero-order chi connectivity index (χ0) is 25.2. The quantitative estimate of drug-likeness (QED) is 0.604. The van der Waals surface area contributed by atoms with Gasteiger partial charge in [0.25, 0.3) is 0 Å². The van der Waals surface area contributed by atoms with E-state index >= 15 is 0 Å². The van der Waals surface area contributed by atoms with Crippen LogP contribution in [0.25, 0.3) is 11.1 Å². The maximum absolute atomic E-state index is 12.9. The molecule has 0 spiro atoms. The zero-order valence-electron chi connectivity index (χ0n) is 20.6. The number of hydrogen-bond acceptors (Lipinski definition) is 4. The first-order valence-corrected chi connectivity index (χ1v) is 12.3. The first kappa shape index (κ1) is 24.8. The number of likely N-dealkylation sites (tertiary alicyclic amines) is 1. The fourth-order valence-corrected chi connectivity index (χ4v) is 5.21. The summed E-state index contributed by atoms with van der Waals surface area (Å²) in [6.07, 6.45) is 0.894. The summed E-state index contributed by atoms with van der Waals surface area (Å²) in [7, 11) is 0. The normalized spacial score (nSPS) is 19.6. The van der Waals surface area contributed by atoms with E-state index in [1.54, 1.807) is 0 Å². The van der Waals surface area contributed by atoms with Gasteiger partial charge in [-0.15, -0.1) is 0 Å². The Morgan fingerprint density at radius 1 is 1.06 bits per heavy atom. The Kier molecular flexibility index (Phi) is 7.15. The number of piperidine rings is 1. The molecule has 1 fully saturated rings. The SMILES string of the molecule is CC1CCN(C(=O)CC(C)(C)CNC(=O)OCC2c3ccccc3-c3ccccc32)C(C(=O)O)C1. The topological polar surface area (TPSA) is 95.9 Å². The number of aliphatic carboxylic acids is 1. The Hall–Kier alpha value is -3.35. The molecule has 1 aliphatic carbocycles. The van der Waals surface area contributed by atoms with E-state index in [1.165, 1.54) is 16.0 Å². The monoisotopic (exact) mass is 478 g/mol. The molecule has 0 bridgehead atoms. The number of fused-ring (bicyclic) bond motifs is 3. The first-order chi connectivity index (χ1) is 16.7. The van der Waals surface area contributed by atoms with Gasteiger partial charge in [0.15, 0.2) is 0 Å². The van der Waals surface area contributed by atoms with Crippen LogP contribution in [0.1, 0.15) is 57.1 Å². The van der Waals surface area contributed by atoms with Crippen LogP contribution in [-0.4, -0.2) is 53.7 Å². The number of nitrogens with zero attached hydrogens (tertiary/aromatic N) is 1. The van der Waals surface area contributed by atoms with Gasteiger partial charge in [0.2, 0.25) is 5.91 Å². The minimum Gasteiger partial charge on any atom is -0.480 e. The molecule has 4 rings (SSSR count). The van der Waals surface area contributed by atoms with Crippen LogP contribution in [0.2, 0.25) is 0 Å². The second-order valence-corrected chi connectivity index (χ2v) is 10.6. The molecule has 7 nitrogen and oxygen atoms in total. The van der Waals surface area contributed by atoms with Gasteiger partial charge in [0, 0.05) is 25.4 Å². The molecule has 2 amide bonds. The summed E-state index contributed by atoms with van der Waals surface area (Å²) in [6, 6.07) is 15.6. The molecule has 2 aromatic rings. The van der Waals surface area contributed by atoms with Gasteiger partial charge in [-0.3, -0.25) is 4.79 Å². The molecule has 7 heteroatoms. The minimum absolute atomic E-state index is 0.0165. The van der Waals surface area contributed by atoms with Crippen LogP contribution in [0.5, 0.6) is 0 Å². The largest absolute Gasteiger partial charge is 0.480 e. The molecule has 2 aromatic carbocycles. The highest BCUT2D eigenvalue weighted by atomic mass is 16.5. The highest BCUT2D eigenvalue weighted by Crippen LogP contribution is 2.44. The lowest BCUT2D eigenvalue weighted by Gasteiger charge is -2.37. The molecule has 1 saturated heterocycles. The number of nitrogens with one attached hydrogen (secondary N) is 1. The number of carbonyl (C=O) groups excluding carboxylic acids is 2. The second-order valence-electron chi connectivity index (χ2n) is 10.6. The Morgan fingerprint density at radius 2 is 1.66 bits per heavy atom. The smallest absolute Gasteiger partial charge is 0.407 e. The average Bonchev–Trinajstić information content (AvgIpc) is 3.15. The van der Waals surface area contributed by atoms with Crippen molar-refractivity contribution in [2.75, 3.05) is 19.7 Å². The van der Waals surface area contributed by atoms with Crippen molar-refractivity contribution >= 4 is 18.0 Å². The van der Waals surface area contributed by atoms with Crippen molar-refractivity contribution in [2.45, 2.75) is 52.0 Å². The summed E-state index contributed by atoms with van der Waals surface area (Å²) < 4.78 is 5.59. The Bertz CT molecular complexity index is 1070. The standard InChI is InChI=1S/C28H34N2O5/c1-18-12-13-30(24(14-18)26(32)33)25(31)15-28(2,3)17-29-27(34)35-16-23-21-10-6-4-8-19(21)20-9-5-7-11-22(20)23/h4-11,18,23-24H,12-17H2,1-3H3,(H,29,34)(H,32,33). The second kappa shape index (κ2) is 10.1. The Labute approximate surface area is 206 Å². The maximum atomic E-state index is 12.9. The summed E-state index contributed by atoms with van der Waals surface area (Å²) in [6.45, 7) is 6.71. The van der Waals surface area contributed by atoms with E-state index in [4.69, 9.17) is 4.74 Å². The third-order valence-corrected chi connectivity index (χ3v) is 7.15. The van der Waals surface area contributed by atoms with Gasteiger partial charge in [0.1, 0.15) is 12.6 Å². The van der Waals surface area contributed by atoms with Gasteiger partial charge in [0.05, 0.1) is 0 Å². The fourth-order valence-electron chi connectivity index (χ4n) is 5.21. The number of carbonyl (C=O) groups is 3. The lowest BCUT2D eigenvalue weighted by molar-refractivity contribution is -0.153. The van der Waals surface area contributed by atoms with Gasteiger partial charge in [-0.1, -0.05) is 69.3 Å². The molecule has 2 aliphatic rings. The van der Waals surface area contributed by atoms with E-state index in [0.29, 0.717) is 13.0 Å². The van der Waals surface area contributed by atoms with Crippen LogP contribution >= 0.6 is 0 Å². The van der Waals surface area contributed by atoms with E-state index in [2.05, 4.69) is 29.6 Å². The predicted octanol–water partition coefficient (Wildman–Crippen LogP) is 4.65. The number of benzene rings is 2. The zero-order valence-corrected chi connectivity index (χ0v) is 20.6. The molecule has 1 aliphatic heterocycles. The molecule has 35 heavy (non-hydrogen) atoms. The van der Waals surface area contributed by atoms with Crippen molar-refractivity contribution in [3.63, 3.8) is 0 Å². The third kappa shape index (κ3) is 5.50. The summed E-state index contributed by atoms with van der Waals surface area (Å²) in [5, 5.41) is 12.3. The maximum Gasteiger partial charge on any atom is 0.407 e. The average molecular weight is 479 g/mol. The number of hydrogen-bond donors (Lipinski definition) is 2. The van der Waals surface area contributed by atoms with E-state index in [9.17, 15) is 19.5 Å². The summed E-state index contributed by atoms with van der Waals surface area (Å²) in [4.78, 5) is 38.6. The lowest BCUT2D eigenvalue weighted by atomic mass is 9.86. The van der Waals surface area contributed by atoms with Crippen molar-refractivity contribution in [2.24, 2.45) is 11.3 Å². The number of rotatable bonds is 7. The molecule has 0 saturated carbocycles. The molecule has 0 radical (unpaired) electrons. The third-order valence-electron chi connectivity index (χ3n) is 7.15. The molecule has 2 unspecified atom stereocenters. The molecule has 2 atom stereocenters. The van der Waals surface area contributed by atoms with Crippen LogP contribution in [0.4, 0.5) is 4.79 Å². The first-order valence-electron chi connectivity index (χ1n) is 12.3. The summed E-state index contributed by atoms with van der Waals surface area (Å²) >= 11 is 0. The van der Waals surface area contributed by atoms with Gasteiger partial charge < -0.3 is 20.1 Å². The van der Waals surface area contributed by atoms with Crippen LogP contribution in [0, 0.1) is 11.3 Å². The van der Waals surface area contributed by atoms with Crippen molar-refractivity contribution in [3.8, 4) is 11.1 Å². The van der Waals surface area contributed by atoms with E-state index < -0.39 is 23.5 Å².